The largest absolute Gasteiger partial charge is 0.495 e. The first-order chi connectivity index (χ1) is 11.3. The van der Waals surface area contributed by atoms with Gasteiger partial charge in [-0.25, -0.2) is 0 Å². The summed E-state index contributed by atoms with van der Waals surface area (Å²) in [7, 11) is 3.57. The number of ether oxygens (including phenoxy) is 1. The van der Waals surface area contributed by atoms with E-state index in [1.54, 1.807) is 7.11 Å². The zero-order valence-corrected chi connectivity index (χ0v) is 14.6. The molecule has 0 spiro atoms. The minimum Gasteiger partial charge on any atom is -0.495 e. The van der Waals surface area contributed by atoms with Crippen LogP contribution in [0.2, 0.25) is 0 Å². The molecule has 1 unspecified atom stereocenters. The van der Waals surface area contributed by atoms with E-state index >= 15 is 0 Å². The van der Waals surface area contributed by atoms with E-state index in [0.29, 0.717) is 5.92 Å². The zero-order valence-electron chi connectivity index (χ0n) is 14.6. The zero-order chi connectivity index (χ0) is 16.5. The van der Waals surface area contributed by atoms with E-state index in [2.05, 4.69) is 39.6 Å². The van der Waals surface area contributed by atoms with E-state index in [1.165, 1.54) is 24.9 Å². The summed E-state index contributed by atoms with van der Waals surface area (Å²) >= 11 is 0. The number of nitrogens with zero attached hydrogens (tertiary/aromatic N) is 2. The molecule has 128 valence electrons. The molecule has 0 amide bonds. The summed E-state index contributed by atoms with van der Waals surface area (Å²) < 4.78 is 5.48. The monoisotopic (exact) mass is 318 g/mol. The number of aliphatic imine (C=N–C) groups is 1. The highest BCUT2D eigenvalue weighted by Gasteiger charge is 2.24. The molecule has 0 bridgehead atoms. The number of nitrogens with one attached hydrogen (secondary N) is 2. The number of benzene rings is 1. The third-order valence-corrected chi connectivity index (χ3v) is 4.32. The number of rotatable bonds is 7. The third-order valence-electron chi connectivity index (χ3n) is 4.32. The number of hydrogen-bond donors (Lipinski definition) is 2. The Labute approximate surface area is 140 Å². The van der Waals surface area contributed by atoms with Gasteiger partial charge in [0.05, 0.1) is 12.8 Å². The standard InChI is InChI=1S/C18H30N4O/c1-4-5-11-20-18(19-2)21-13-15-10-12-22(14-15)16-8-6-7-9-17(16)23-3/h6-9,15H,4-5,10-14H2,1-3H3,(H2,19,20,21). The maximum absolute atomic E-state index is 5.48. The van der Waals surface area contributed by atoms with Gasteiger partial charge in [-0.1, -0.05) is 25.5 Å². The Morgan fingerprint density at radius 3 is 2.91 bits per heavy atom. The highest BCUT2D eigenvalue weighted by molar-refractivity contribution is 5.79. The smallest absolute Gasteiger partial charge is 0.190 e. The van der Waals surface area contributed by atoms with E-state index in [0.717, 1.165) is 37.9 Å². The van der Waals surface area contributed by atoms with Crippen LogP contribution in [0.3, 0.4) is 0 Å². The van der Waals surface area contributed by atoms with E-state index in [4.69, 9.17) is 4.74 Å². The topological polar surface area (TPSA) is 48.9 Å². The summed E-state index contributed by atoms with van der Waals surface area (Å²) in [6.07, 6.45) is 3.56. The highest BCUT2D eigenvalue weighted by Crippen LogP contribution is 2.31. The molecule has 1 aromatic carbocycles. The number of anilines is 1. The van der Waals surface area contributed by atoms with Crippen molar-refractivity contribution in [3.8, 4) is 5.75 Å². The molecular weight excluding hydrogens is 288 g/mol. The van der Waals surface area contributed by atoms with Gasteiger partial charge >= 0.3 is 0 Å². The molecule has 1 aromatic rings. The molecule has 1 atom stereocenters. The summed E-state index contributed by atoms with van der Waals surface area (Å²) in [6, 6.07) is 8.26. The number of guanidine groups is 1. The average Bonchev–Trinajstić information content (AvgIpc) is 3.06. The molecule has 0 radical (unpaired) electrons. The first-order valence-electron chi connectivity index (χ1n) is 8.61. The normalized spacial score (nSPS) is 18.1. The minimum atomic E-state index is 0.629. The maximum Gasteiger partial charge on any atom is 0.190 e. The van der Waals surface area contributed by atoms with Crippen molar-refractivity contribution in [2.75, 3.05) is 45.2 Å². The lowest BCUT2D eigenvalue weighted by molar-refractivity contribution is 0.414. The molecule has 0 aliphatic carbocycles. The Bertz CT molecular complexity index is 504. The second-order valence-electron chi connectivity index (χ2n) is 6.01. The lowest BCUT2D eigenvalue weighted by atomic mass is 10.1. The Balaban J connectivity index is 1.81. The quantitative estimate of drug-likeness (QED) is 0.461. The second kappa shape index (κ2) is 9.28. The fraction of sp³-hybridized carbons (Fsp3) is 0.611. The Morgan fingerprint density at radius 1 is 1.35 bits per heavy atom. The molecule has 1 aliphatic rings. The van der Waals surface area contributed by atoms with Gasteiger partial charge in [-0.05, 0) is 30.9 Å². The van der Waals surface area contributed by atoms with E-state index < -0.39 is 0 Å². The van der Waals surface area contributed by atoms with Crippen LogP contribution in [0.5, 0.6) is 5.75 Å². The van der Waals surface area contributed by atoms with Crippen molar-refractivity contribution in [2.24, 2.45) is 10.9 Å². The van der Waals surface area contributed by atoms with Crippen LogP contribution in [0.25, 0.3) is 0 Å². The summed E-state index contributed by atoms with van der Waals surface area (Å²) in [5.74, 6) is 2.50. The molecule has 2 rings (SSSR count). The molecular formula is C18H30N4O. The molecule has 23 heavy (non-hydrogen) atoms. The molecule has 5 heteroatoms. The van der Waals surface area contributed by atoms with Crippen LogP contribution >= 0.6 is 0 Å². The van der Waals surface area contributed by atoms with Crippen molar-refractivity contribution in [3.05, 3.63) is 24.3 Å². The predicted octanol–water partition coefficient (Wildman–Crippen LogP) is 2.49. The summed E-state index contributed by atoms with van der Waals surface area (Å²) in [4.78, 5) is 6.70. The molecule has 5 nitrogen and oxygen atoms in total. The van der Waals surface area contributed by atoms with Gasteiger partial charge in [-0.2, -0.15) is 0 Å². The third kappa shape index (κ3) is 5.05. The Morgan fingerprint density at radius 2 is 2.17 bits per heavy atom. The van der Waals surface area contributed by atoms with Gasteiger partial charge in [-0.15, -0.1) is 0 Å². The SMILES string of the molecule is CCCCNC(=NC)NCC1CCN(c2ccccc2OC)C1. The predicted molar refractivity (Wildman–Crippen MR) is 97.6 cm³/mol. The van der Waals surface area contributed by atoms with Crippen molar-refractivity contribution >= 4 is 11.6 Å². The fourth-order valence-electron chi connectivity index (χ4n) is 2.95. The summed E-state index contributed by atoms with van der Waals surface area (Å²) in [5, 5.41) is 6.81. The number of para-hydroxylation sites is 2. The summed E-state index contributed by atoms with van der Waals surface area (Å²) in [6.45, 7) is 6.27. The van der Waals surface area contributed by atoms with Gasteiger partial charge < -0.3 is 20.3 Å². The summed E-state index contributed by atoms with van der Waals surface area (Å²) in [5.41, 5.74) is 1.20. The van der Waals surface area contributed by atoms with E-state index in [-0.39, 0.29) is 0 Å². The molecule has 1 fully saturated rings. The van der Waals surface area contributed by atoms with Gasteiger partial charge in [0.1, 0.15) is 5.75 Å². The maximum atomic E-state index is 5.48. The lowest BCUT2D eigenvalue weighted by Gasteiger charge is -2.21. The van der Waals surface area contributed by atoms with Crippen LogP contribution in [-0.4, -0.2) is 46.3 Å². The van der Waals surface area contributed by atoms with Crippen molar-refractivity contribution in [3.63, 3.8) is 0 Å². The van der Waals surface area contributed by atoms with Gasteiger partial charge in [0, 0.05) is 33.2 Å². The van der Waals surface area contributed by atoms with Gasteiger partial charge in [-0.3, -0.25) is 4.99 Å². The first-order valence-corrected chi connectivity index (χ1v) is 8.61. The van der Waals surface area contributed by atoms with Crippen LogP contribution in [-0.2, 0) is 0 Å². The number of methoxy groups -OCH3 is 1. The highest BCUT2D eigenvalue weighted by atomic mass is 16.5. The van der Waals surface area contributed by atoms with Crippen LogP contribution in [0.4, 0.5) is 5.69 Å². The van der Waals surface area contributed by atoms with Crippen LogP contribution in [0.15, 0.2) is 29.3 Å². The Hall–Kier alpha value is -1.91. The molecule has 0 saturated carbocycles. The molecule has 1 aliphatic heterocycles. The lowest BCUT2D eigenvalue weighted by Crippen LogP contribution is -2.40. The molecule has 0 aromatic heterocycles. The van der Waals surface area contributed by atoms with Crippen LogP contribution in [0.1, 0.15) is 26.2 Å². The van der Waals surface area contributed by atoms with Crippen LogP contribution < -0.4 is 20.3 Å². The Kier molecular flexibility index (Phi) is 7.04. The second-order valence-corrected chi connectivity index (χ2v) is 6.01. The first kappa shape index (κ1) is 17.4. The molecule has 2 N–H and O–H groups in total. The molecule has 1 saturated heterocycles. The van der Waals surface area contributed by atoms with Crippen molar-refractivity contribution in [2.45, 2.75) is 26.2 Å². The van der Waals surface area contributed by atoms with Gasteiger partial charge in [0.15, 0.2) is 5.96 Å². The van der Waals surface area contributed by atoms with E-state index in [9.17, 15) is 0 Å². The van der Waals surface area contributed by atoms with Gasteiger partial charge in [0.25, 0.3) is 0 Å². The number of hydrogen-bond acceptors (Lipinski definition) is 3. The van der Waals surface area contributed by atoms with Gasteiger partial charge in [0.2, 0.25) is 0 Å². The van der Waals surface area contributed by atoms with Crippen molar-refractivity contribution < 1.29 is 4.74 Å². The minimum absolute atomic E-state index is 0.629. The average molecular weight is 318 g/mol. The molecule has 1 heterocycles. The van der Waals surface area contributed by atoms with E-state index in [1.807, 2.05) is 19.2 Å². The fourth-order valence-corrected chi connectivity index (χ4v) is 2.95. The van der Waals surface area contributed by atoms with Crippen molar-refractivity contribution in [1.29, 1.82) is 0 Å². The van der Waals surface area contributed by atoms with Crippen LogP contribution in [0, 0.1) is 5.92 Å². The van der Waals surface area contributed by atoms with Crippen molar-refractivity contribution in [1.82, 2.24) is 10.6 Å². The number of unbranched alkanes of at least 4 members (excludes halogenated alkanes) is 1.